The lowest BCUT2D eigenvalue weighted by molar-refractivity contribution is -0.0123. The summed E-state index contributed by atoms with van der Waals surface area (Å²) in [7, 11) is -0.577. The van der Waals surface area contributed by atoms with Gasteiger partial charge in [0.15, 0.2) is 5.03 Å². The highest BCUT2D eigenvalue weighted by Crippen LogP contribution is 2.29. The summed E-state index contributed by atoms with van der Waals surface area (Å²) in [6.45, 7) is 6.44. The van der Waals surface area contributed by atoms with Gasteiger partial charge in [-0.25, -0.2) is 9.78 Å². The number of amides is 3. The van der Waals surface area contributed by atoms with E-state index in [0.717, 1.165) is 38.5 Å². The number of hydrogen-bond acceptors (Lipinski definition) is 8. The first kappa shape index (κ1) is 36.5. The zero-order valence-electron chi connectivity index (χ0n) is 28.4. The van der Waals surface area contributed by atoms with Crippen LogP contribution >= 0.6 is 0 Å². The third-order valence-electron chi connectivity index (χ3n) is 8.99. The molecule has 262 valence electrons. The van der Waals surface area contributed by atoms with Crippen molar-refractivity contribution in [1.29, 1.82) is 0 Å². The number of aryl methyl sites for hydroxylation is 1. The molecule has 0 radical (unpaired) electrons. The molecule has 1 aromatic heterocycles. The van der Waals surface area contributed by atoms with E-state index in [1.807, 2.05) is 13.8 Å². The van der Waals surface area contributed by atoms with Crippen LogP contribution in [0.4, 0.5) is 10.5 Å². The first-order chi connectivity index (χ1) is 22.4. The number of carbonyl (C=O) groups excluding carboxylic acids is 2. The number of imidazole rings is 1. The van der Waals surface area contributed by atoms with Crippen molar-refractivity contribution < 1.29 is 32.6 Å². The largest absolute Gasteiger partial charge is 0.490 e. The van der Waals surface area contributed by atoms with Crippen LogP contribution in [0.1, 0.15) is 82.5 Å². The van der Waals surface area contributed by atoms with Gasteiger partial charge in [0, 0.05) is 57.6 Å². The van der Waals surface area contributed by atoms with Gasteiger partial charge in [-0.3, -0.25) is 9.52 Å². The van der Waals surface area contributed by atoms with Crippen LogP contribution in [0.3, 0.4) is 0 Å². The maximum absolute atomic E-state index is 14.3. The van der Waals surface area contributed by atoms with Crippen molar-refractivity contribution in [1.82, 2.24) is 24.7 Å². The highest BCUT2D eigenvalue weighted by molar-refractivity contribution is 7.92. The zero-order valence-corrected chi connectivity index (χ0v) is 29.2. The van der Waals surface area contributed by atoms with Crippen molar-refractivity contribution in [3.63, 3.8) is 0 Å². The Morgan fingerprint density at radius 2 is 1.87 bits per heavy atom. The predicted octanol–water partition coefficient (Wildman–Crippen LogP) is 3.99. The fraction of sp³-hybridized carbons (Fsp3) is 0.667. The van der Waals surface area contributed by atoms with Crippen LogP contribution in [0, 0.1) is 5.92 Å². The Balaban J connectivity index is 1.60. The molecule has 14 heteroatoms. The van der Waals surface area contributed by atoms with Crippen LogP contribution in [0.2, 0.25) is 0 Å². The fourth-order valence-corrected chi connectivity index (χ4v) is 7.10. The number of anilines is 1. The number of fused-ring (bicyclic) bond motifs is 1. The van der Waals surface area contributed by atoms with Crippen molar-refractivity contribution in [3.8, 4) is 5.75 Å². The van der Waals surface area contributed by atoms with Crippen molar-refractivity contribution in [2.24, 2.45) is 13.0 Å². The molecule has 1 fully saturated rings. The summed E-state index contributed by atoms with van der Waals surface area (Å²) in [6, 6.07) is 4.11. The van der Waals surface area contributed by atoms with E-state index in [9.17, 15) is 23.1 Å². The smallest absolute Gasteiger partial charge is 0.317 e. The van der Waals surface area contributed by atoms with E-state index in [2.05, 4.69) is 15.0 Å². The lowest BCUT2D eigenvalue weighted by Crippen LogP contribution is -2.50. The number of nitrogens with one attached hydrogen (secondary N) is 2. The normalized spacial score (nSPS) is 22.8. The van der Waals surface area contributed by atoms with E-state index >= 15 is 0 Å². The number of ether oxygens (including phenoxy) is 2. The molecule has 4 rings (SSSR count). The molecule has 0 saturated heterocycles. The number of sulfonamides is 1. The summed E-state index contributed by atoms with van der Waals surface area (Å²) in [5, 5.41) is 13.2. The SMILES string of the molecule is C[C@H]1CCCCO[C@H](CN(C)C(=O)NC2CCCCC2)[C@@H](C)CN([C@@H](C)CO)C(=O)c2cc(NS(=O)(=O)c3cn(C)cn3)ccc2O1. The third-order valence-corrected chi connectivity index (χ3v) is 10.3. The molecule has 47 heavy (non-hydrogen) atoms. The van der Waals surface area contributed by atoms with Gasteiger partial charge < -0.3 is 34.3 Å². The van der Waals surface area contributed by atoms with Crippen molar-refractivity contribution in [2.75, 3.05) is 38.1 Å². The number of aromatic nitrogens is 2. The van der Waals surface area contributed by atoms with Crippen LogP contribution in [-0.4, -0.2) is 102 Å². The van der Waals surface area contributed by atoms with Gasteiger partial charge in [-0.2, -0.15) is 8.42 Å². The van der Waals surface area contributed by atoms with Gasteiger partial charge >= 0.3 is 6.03 Å². The van der Waals surface area contributed by atoms with E-state index in [0.29, 0.717) is 25.3 Å². The topological polar surface area (TPSA) is 155 Å². The highest BCUT2D eigenvalue weighted by atomic mass is 32.2. The van der Waals surface area contributed by atoms with Crippen LogP contribution in [0.5, 0.6) is 5.75 Å². The Kier molecular flexibility index (Phi) is 12.9. The molecule has 2 aliphatic rings. The van der Waals surface area contributed by atoms with Crippen LogP contribution < -0.4 is 14.8 Å². The molecule has 1 saturated carbocycles. The van der Waals surface area contributed by atoms with Crippen LogP contribution in [-0.2, 0) is 21.8 Å². The molecule has 2 aromatic rings. The fourth-order valence-electron chi connectivity index (χ4n) is 6.07. The second kappa shape index (κ2) is 16.6. The molecule has 4 atom stereocenters. The molecule has 0 bridgehead atoms. The van der Waals surface area contributed by atoms with Gasteiger partial charge in [0.25, 0.3) is 15.9 Å². The van der Waals surface area contributed by atoms with Gasteiger partial charge in [0.1, 0.15) is 5.75 Å². The summed E-state index contributed by atoms with van der Waals surface area (Å²) in [5.41, 5.74) is 0.348. The quantitative estimate of drug-likeness (QED) is 0.379. The Morgan fingerprint density at radius 1 is 1.15 bits per heavy atom. The first-order valence-corrected chi connectivity index (χ1v) is 18.2. The molecule has 0 spiro atoms. The standard InChI is InChI=1S/C33H52N6O7S/c1-23-18-39(24(2)21-40)32(41)28-17-27(36-47(43,44)31-20-37(4)22-34-31)14-15-29(28)46-25(3)11-9-10-16-45-30(23)19-38(5)33(42)35-26-12-7-6-8-13-26/h14-15,17,20,22-26,30,36,40H,6-13,16,18-19,21H2,1-5H3,(H,35,42)/t23-,24-,25-,30+/m0/s1. The van der Waals surface area contributed by atoms with Gasteiger partial charge in [-0.15, -0.1) is 0 Å². The van der Waals surface area contributed by atoms with Gasteiger partial charge in [-0.05, 0) is 64.2 Å². The monoisotopic (exact) mass is 676 g/mol. The number of benzene rings is 1. The molecule has 1 aliphatic heterocycles. The number of urea groups is 1. The average molecular weight is 677 g/mol. The number of aliphatic hydroxyl groups is 1. The minimum atomic E-state index is -4.02. The number of carbonyl (C=O) groups is 2. The van der Waals surface area contributed by atoms with Gasteiger partial charge in [0.2, 0.25) is 0 Å². The number of aliphatic hydroxyl groups excluding tert-OH is 1. The number of rotatable bonds is 8. The van der Waals surface area contributed by atoms with E-state index in [1.54, 1.807) is 43.0 Å². The van der Waals surface area contributed by atoms with E-state index in [1.165, 1.54) is 29.6 Å². The van der Waals surface area contributed by atoms with Crippen molar-refractivity contribution in [3.05, 3.63) is 36.3 Å². The zero-order chi connectivity index (χ0) is 34.1. The minimum Gasteiger partial charge on any atom is -0.490 e. The summed E-state index contributed by atoms with van der Waals surface area (Å²) < 4.78 is 42.8. The summed E-state index contributed by atoms with van der Waals surface area (Å²) in [6.07, 6.45) is 9.95. The Bertz CT molecular complexity index is 1440. The second-order valence-electron chi connectivity index (χ2n) is 13.2. The number of likely N-dealkylation sites (N-methyl/N-ethyl adjacent to an activating group) is 1. The summed E-state index contributed by atoms with van der Waals surface area (Å²) in [4.78, 5) is 34.6. The molecule has 3 N–H and O–H groups in total. The van der Waals surface area contributed by atoms with Crippen LogP contribution in [0.15, 0.2) is 35.7 Å². The van der Waals surface area contributed by atoms with Crippen molar-refractivity contribution in [2.45, 2.75) is 101 Å². The maximum Gasteiger partial charge on any atom is 0.317 e. The molecule has 1 aliphatic carbocycles. The molecule has 1 aromatic carbocycles. The Hall–Kier alpha value is -3.36. The highest BCUT2D eigenvalue weighted by Gasteiger charge is 2.31. The van der Waals surface area contributed by atoms with E-state index in [4.69, 9.17) is 9.47 Å². The average Bonchev–Trinajstić information content (AvgIpc) is 3.50. The molecular weight excluding hydrogens is 624 g/mol. The van der Waals surface area contributed by atoms with E-state index < -0.39 is 22.0 Å². The number of hydrogen-bond donors (Lipinski definition) is 3. The van der Waals surface area contributed by atoms with E-state index in [-0.39, 0.29) is 59.6 Å². The number of nitrogens with zero attached hydrogens (tertiary/aromatic N) is 4. The van der Waals surface area contributed by atoms with Gasteiger partial charge in [-0.1, -0.05) is 26.2 Å². The third kappa shape index (κ3) is 10.1. The lowest BCUT2D eigenvalue weighted by atomic mass is 9.96. The molecule has 2 heterocycles. The molecular formula is C33H52N6O7S. The Labute approximate surface area is 279 Å². The van der Waals surface area contributed by atoms with Crippen molar-refractivity contribution >= 4 is 27.6 Å². The predicted molar refractivity (Wildman–Crippen MR) is 179 cm³/mol. The summed E-state index contributed by atoms with van der Waals surface area (Å²) >= 11 is 0. The molecule has 13 nitrogen and oxygen atoms in total. The first-order valence-electron chi connectivity index (χ1n) is 16.7. The lowest BCUT2D eigenvalue weighted by Gasteiger charge is -2.36. The molecule has 3 amide bonds. The second-order valence-corrected chi connectivity index (χ2v) is 14.8. The summed E-state index contributed by atoms with van der Waals surface area (Å²) in [5.74, 6) is -0.302. The maximum atomic E-state index is 14.3. The Morgan fingerprint density at radius 3 is 2.55 bits per heavy atom. The molecule has 0 unspecified atom stereocenters. The van der Waals surface area contributed by atoms with Crippen LogP contribution in [0.25, 0.3) is 0 Å². The minimum absolute atomic E-state index is 0.135. The van der Waals surface area contributed by atoms with Gasteiger partial charge in [0.05, 0.1) is 36.7 Å².